The molecule has 3 aromatic rings. The van der Waals surface area contributed by atoms with Crippen LogP contribution in [0.15, 0.2) is 77.7 Å². The van der Waals surface area contributed by atoms with E-state index < -0.39 is 27.5 Å². The quantitative estimate of drug-likeness (QED) is 0.320. The summed E-state index contributed by atoms with van der Waals surface area (Å²) in [6.07, 6.45) is 1.75. The molecule has 0 bridgehead atoms. The van der Waals surface area contributed by atoms with Crippen molar-refractivity contribution in [2.75, 3.05) is 0 Å². The number of nitro benzene ring substituents is 1. The van der Waals surface area contributed by atoms with Crippen molar-refractivity contribution in [1.29, 1.82) is 0 Å². The van der Waals surface area contributed by atoms with Crippen molar-refractivity contribution < 1.29 is 19.6 Å². The van der Waals surface area contributed by atoms with Gasteiger partial charge in [0.1, 0.15) is 0 Å². The van der Waals surface area contributed by atoms with Crippen molar-refractivity contribution in [1.82, 2.24) is 4.90 Å². The first-order valence-corrected chi connectivity index (χ1v) is 10.6. The number of imide groups is 1. The minimum atomic E-state index is -0.664. The molecule has 1 saturated heterocycles. The summed E-state index contributed by atoms with van der Waals surface area (Å²) in [7, 11) is 0. The van der Waals surface area contributed by atoms with E-state index in [0.29, 0.717) is 12.0 Å². The lowest BCUT2D eigenvalue weighted by atomic mass is 10.0. The monoisotopic (exact) mass is 446 g/mol. The smallest absolute Gasteiger partial charge is 0.311 e. The van der Waals surface area contributed by atoms with Crippen LogP contribution in [0, 0.1) is 10.1 Å². The Kier molecular flexibility index (Phi) is 6.04. The lowest BCUT2D eigenvalue weighted by molar-refractivity contribution is -0.385. The molecule has 1 fully saturated rings. The van der Waals surface area contributed by atoms with E-state index in [0.717, 1.165) is 27.8 Å². The maximum Gasteiger partial charge on any atom is 0.311 e. The Morgan fingerprint density at radius 2 is 1.56 bits per heavy atom. The Bertz CT molecular complexity index is 1230. The Morgan fingerprint density at radius 3 is 2.19 bits per heavy atom. The summed E-state index contributed by atoms with van der Waals surface area (Å²) in [5, 5.41) is 21.5. The van der Waals surface area contributed by atoms with Gasteiger partial charge in [-0.3, -0.25) is 24.6 Å². The van der Waals surface area contributed by atoms with Gasteiger partial charge in [-0.15, -0.1) is 0 Å². The van der Waals surface area contributed by atoms with E-state index in [2.05, 4.69) is 0 Å². The van der Waals surface area contributed by atoms with Gasteiger partial charge < -0.3 is 5.11 Å². The van der Waals surface area contributed by atoms with Crippen LogP contribution >= 0.6 is 11.8 Å². The highest BCUT2D eigenvalue weighted by Crippen LogP contribution is 2.38. The summed E-state index contributed by atoms with van der Waals surface area (Å²) in [4.78, 5) is 37.3. The number of phenolic OH excluding ortho intramolecular Hbond substituents is 1. The molecular formula is C24H18N2O5S. The molecule has 0 atom stereocenters. The second-order valence-electron chi connectivity index (χ2n) is 7.23. The maximum atomic E-state index is 12.8. The molecule has 0 unspecified atom stereocenters. The molecule has 1 aliphatic rings. The summed E-state index contributed by atoms with van der Waals surface area (Å²) in [5.74, 6) is -1.04. The lowest BCUT2D eigenvalue weighted by Crippen LogP contribution is -2.27. The van der Waals surface area contributed by atoms with Crippen molar-refractivity contribution in [2.24, 2.45) is 0 Å². The van der Waals surface area contributed by atoms with Crippen LogP contribution in [0.2, 0.25) is 0 Å². The van der Waals surface area contributed by atoms with Gasteiger partial charge in [-0.1, -0.05) is 60.7 Å². The molecule has 2 amide bonds. The van der Waals surface area contributed by atoms with Crippen molar-refractivity contribution in [2.45, 2.75) is 13.0 Å². The largest absolute Gasteiger partial charge is 0.502 e. The molecule has 1 N–H and O–H groups in total. The fourth-order valence-electron chi connectivity index (χ4n) is 3.43. The van der Waals surface area contributed by atoms with E-state index in [-0.39, 0.29) is 17.0 Å². The Morgan fingerprint density at radius 1 is 0.938 bits per heavy atom. The van der Waals surface area contributed by atoms with Crippen LogP contribution in [-0.2, 0) is 17.8 Å². The first kappa shape index (κ1) is 21.3. The van der Waals surface area contributed by atoms with Crippen LogP contribution in [0.3, 0.4) is 0 Å². The van der Waals surface area contributed by atoms with Gasteiger partial charge in [0.25, 0.3) is 11.1 Å². The fourth-order valence-corrected chi connectivity index (χ4v) is 4.26. The Labute approximate surface area is 188 Å². The highest BCUT2D eigenvalue weighted by Gasteiger charge is 2.35. The summed E-state index contributed by atoms with van der Waals surface area (Å²) in [5.41, 5.74) is 2.03. The molecule has 4 rings (SSSR count). The first-order valence-electron chi connectivity index (χ1n) is 9.76. The Hall–Kier alpha value is -3.91. The van der Waals surface area contributed by atoms with Crippen LogP contribution in [0.5, 0.6) is 5.75 Å². The zero-order valence-corrected chi connectivity index (χ0v) is 17.6. The summed E-state index contributed by atoms with van der Waals surface area (Å²) < 4.78 is 0. The molecular weight excluding hydrogens is 428 g/mol. The van der Waals surface area contributed by atoms with Gasteiger partial charge in [-0.05, 0) is 47.0 Å². The second kappa shape index (κ2) is 9.07. The standard InChI is InChI=1S/C24H18N2O5S/c27-22-19(12-18(13-20(22)26(30)31)11-16-7-3-1-4-8-16)14-21-23(28)25(24(29)32-21)15-17-9-5-2-6-10-17/h1-10,12-14,27H,11,15H2/b21-14-. The minimum absolute atomic E-state index is 0.104. The molecule has 7 nitrogen and oxygen atoms in total. The molecule has 0 spiro atoms. The van der Waals surface area contributed by atoms with Crippen molar-refractivity contribution in [3.05, 3.63) is 110 Å². The molecule has 32 heavy (non-hydrogen) atoms. The number of hydrogen-bond donors (Lipinski definition) is 1. The molecule has 0 saturated carbocycles. The molecule has 0 aliphatic carbocycles. The van der Waals surface area contributed by atoms with Crippen molar-refractivity contribution >= 4 is 34.7 Å². The van der Waals surface area contributed by atoms with Crippen LogP contribution in [0.4, 0.5) is 10.5 Å². The molecule has 3 aromatic carbocycles. The third-order valence-electron chi connectivity index (χ3n) is 4.97. The van der Waals surface area contributed by atoms with E-state index in [1.165, 1.54) is 12.1 Å². The second-order valence-corrected chi connectivity index (χ2v) is 8.22. The van der Waals surface area contributed by atoms with Gasteiger partial charge in [0.15, 0.2) is 0 Å². The highest BCUT2D eigenvalue weighted by molar-refractivity contribution is 8.18. The first-order chi connectivity index (χ1) is 15.4. The number of carbonyl (C=O) groups is 2. The van der Waals surface area contributed by atoms with Crippen LogP contribution in [0.25, 0.3) is 6.08 Å². The zero-order valence-electron chi connectivity index (χ0n) is 16.8. The number of phenols is 1. The number of amides is 2. The highest BCUT2D eigenvalue weighted by atomic mass is 32.2. The zero-order chi connectivity index (χ0) is 22.7. The summed E-state index contributed by atoms with van der Waals surface area (Å²) in [6.45, 7) is 0.128. The predicted octanol–water partition coefficient (Wildman–Crippen LogP) is 5.13. The average Bonchev–Trinajstić information content (AvgIpc) is 3.04. The maximum absolute atomic E-state index is 12.8. The van der Waals surface area contributed by atoms with Crippen LogP contribution in [-0.4, -0.2) is 26.1 Å². The fraction of sp³-hybridized carbons (Fsp3) is 0.0833. The van der Waals surface area contributed by atoms with E-state index >= 15 is 0 Å². The molecule has 160 valence electrons. The molecule has 1 aliphatic heterocycles. The molecule has 0 radical (unpaired) electrons. The van der Waals surface area contributed by atoms with E-state index in [9.17, 15) is 24.8 Å². The van der Waals surface area contributed by atoms with Gasteiger partial charge in [0.05, 0.1) is 16.4 Å². The molecule has 1 heterocycles. The number of thioether (sulfide) groups is 1. The number of rotatable bonds is 6. The summed E-state index contributed by atoms with van der Waals surface area (Å²) >= 11 is 0.746. The van der Waals surface area contributed by atoms with Crippen molar-refractivity contribution in [3.63, 3.8) is 0 Å². The normalized spacial score (nSPS) is 14.9. The van der Waals surface area contributed by atoms with E-state index in [1.807, 2.05) is 60.7 Å². The number of nitrogens with zero attached hydrogens (tertiary/aromatic N) is 2. The molecule has 8 heteroatoms. The van der Waals surface area contributed by atoms with Crippen molar-refractivity contribution in [3.8, 4) is 5.75 Å². The van der Waals surface area contributed by atoms with E-state index in [1.54, 1.807) is 6.07 Å². The van der Waals surface area contributed by atoms with Gasteiger partial charge in [-0.25, -0.2) is 0 Å². The molecule has 0 aromatic heterocycles. The summed E-state index contributed by atoms with van der Waals surface area (Å²) in [6, 6.07) is 21.4. The average molecular weight is 446 g/mol. The van der Waals surface area contributed by atoms with Gasteiger partial charge >= 0.3 is 5.69 Å². The third-order valence-corrected chi connectivity index (χ3v) is 5.88. The van der Waals surface area contributed by atoms with Gasteiger partial charge in [0.2, 0.25) is 5.75 Å². The number of carbonyl (C=O) groups excluding carboxylic acids is 2. The number of benzene rings is 3. The minimum Gasteiger partial charge on any atom is -0.502 e. The topological polar surface area (TPSA) is 101 Å². The third kappa shape index (κ3) is 4.55. The SMILES string of the molecule is O=C1S/C(=C\c2cc(Cc3ccccc3)cc([N+](=O)[O-])c2O)C(=O)N1Cc1ccccc1. The van der Waals surface area contributed by atoms with Gasteiger partial charge in [0, 0.05) is 11.6 Å². The Balaban J connectivity index is 1.67. The predicted molar refractivity (Wildman–Crippen MR) is 122 cm³/mol. The number of aromatic hydroxyl groups is 1. The number of hydrogen-bond acceptors (Lipinski definition) is 6. The van der Waals surface area contributed by atoms with Crippen LogP contribution < -0.4 is 0 Å². The van der Waals surface area contributed by atoms with Gasteiger partial charge in [-0.2, -0.15) is 0 Å². The van der Waals surface area contributed by atoms with E-state index in [4.69, 9.17) is 0 Å². The number of nitro groups is 1. The van der Waals surface area contributed by atoms with Crippen LogP contribution in [0.1, 0.15) is 22.3 Å². The lowest BCUT2D eigenvalue weighted by Gasteiger charge is -2.12.